The van der Waals surface area contributed by atoms with E-state index in [0.29, 0.717) is 12.1 Å². The Hall–Kier alpha value is -1.73. The zero-order valence-corrected chi connectivity index (χ0v) is 14.2. The van der Waals surface area contributed by atoms with Crippen molar-refractivity contribution in [1.82, 2.24) is 10.3 Å². The van der Waals surface area contributed by atoms with E-state index in [2.05, 4.69) is 15.2 Å². The summed E-state index contributed by atoms with van der Waals surface area (Å²) >= 11 is 1.48. The molecule has 1 aromatic carbocycles. The zero-order chi connectivity index (χ0) is 16.5. The second-order valence-corrected chi connectivity index (χ2v) is 7.42. The molecular weight excluding hydrogens is 329 g/mol. The molecule has 1 aromatic heterocycles. The first-order valence-corrected chi connectivity index (χ1v) is 9.20. The molecule has 2 aliphatic heterocycles. The number of rotatable bonds is 3. The highest BCUT2D eigenvalue weighted by molar-refractivity contribution is 7.22. The third-order valence-corrected chi connectivity index (χ3v) is 5.84. The number of carbonyl (C=O) groups is 1. The van der Waals surface area contributed by atoms with E-state index < -0.39 is 0 Å². The van der Waals surface area contributed by atoms with Gasteiger partial charge in [-0.25, -0.2) is 9.37 Å². The molecule has 2 fully saturated rings. The summed E-state index contributed by atoms with van der Waals surface area (Å²) in [5.74, 6) is -0.190. The fourth-order valence-corrected chi connectivity index (χ4v) is 4.36. The Morgan fingerprint density at radius 3 is 2.96 bits per heavy atom. The molecule has 0 aliphatic carbocycles. The van der Waals surface area contributed by atoms with E-state index in [9.17, 15) is 9.18 Å². The van der Waals surface area contributed by atoms with Crippen molar-refractivity contribution in [2.24, 2.45) is 5.92 Å². The number of nitrogens with one attached hydrogen (secondary N) is 1. The van der Waals surface area contributed by atoms with Crippen LogP contribution in [-0.4, -0.2) is 43.2 Å². The molecule has 128 valence electrons. The van der Waals surface area contributed by atoms with Crippen LogP contribution in [0.1, 0.15) is 19.3 Å². The molecule has 7 heteroatoms. The number of para-hydroxylation sites is 1. The summed E-state index contributed by atoms with van der Waals surface area (Å²) < 4.78 is 20.0. The van der Waals surface area contributed by atoms with Gasteiger partial charge < -0.3 is 15.0 Å². The second-order valence-electron chi connectivity index (χ2n) is 6.41. The summed E-state index contributed by atoms with van der Waals surface area (Å²) in [6.07, 6.45) is 2.59. The summed E-state index contributed by atoms with van der Waals surface area (Å²) in [7, 11) is 0. The predicted molar refractivity (Wildman–Crippen MR) is 91.9 cm³/mol. The molecule has 1 amide bonds. The van der Waals surface area contributed by atoms with Crippen molar-refractivity contribution in [3.63, 3.8) is 0 Å². The van der Waals surface area contributed by atoms with Gasteiger partial charge in [0.15, 0.2) is 5.13 Å². The molecule has 2 aromatic rings. The van der Waals surface area contributed by atoms with Crippen molar-refractivity contribution in [1.29, 1.82) is 0 Å². The van der Waals surface area contributed by atoms with E-state index in [1.54, 1.807) is 6.07 Å². The van der Waals surface area contributed by atoms with E-state index in [1.165, 1.54) is 17.4 Å². The SMILES string of the molecule is O=C(NC1CCOCC1)C1CCN(c2nc3c(F)cccc3s2)C1. The molecule has 1 N–H and O–H groups in total. The summed E-state index contributed by atoms with van der Waals surface area (Å²) in [6, 6.07) is 5.25. The molecule has 2 aliphatic rings. The number of halogens is 1. The van der Waals surface area contributed by atoms with Gasteiger partial charge in [-0.3, -0.25) is 4.79 Å². The van der Waals surface area contributed by atoms with Gasteiger partial charge in [0.25, 0.3) is 0 Å². The fourth-order valence-electron chi connectivity index (χ4n) is 3.35. The van der Waals surface area contributed by atoms with Crippen LogP contribution in [0.4, 0.5) is 9.52 Å². The van der Waals surface area contributed by atoms with Gasteiger partial charge in [0.05, 0.1) is 10.6 Å². The van der Waals surface area contributed by atoms with Gasteiger partial charge in [0.2, 0.25) is 5.91 Å². The largest absolute Gasteiger partial charge is 0.381 e. The number of thiazole rings is 1. The van der Waals surface area contributed by atoms with Crippen LogP contribution >= 0.6 is 11.3 Å². The van der Waals surface area contributed by atoms with Crippen molar-refractivity contribution in [2.45, 2.75) is 25.3 Å². The lowest BCUT2D eigenvalue weighted by molar-refractivity contribution is -0.125. The van der Waals surface area contributed by atoms with E-state index in [0.717, 1.165) is 48.9 Å². The first-order valence-electron chi connectivity index (χ1n) is 8.39. The number of fused-ring (bicyclic) bond motifs is 1. The quantitative estimate of drug-likeness (QED) is 0.925. The summed E-state index contributed by atoms with van der Waals surface area (Å²) in [5, 5.41) is 3.95. The minimum atomic E-state index is -0.289. The third-order valence-electron chi connectivity index (χ3n) is 4.76. The van der Waals surface area contributed by atoms with Crippen molar-refractivity contribution < 1.29 is 13.9 Å². The number of benzene rings is 1. The lowest BCUT2D eigenvalue weighted by atomic mass is 10.1. The molecule has 5 nitrogen and oxygen atoms in total. The highest BCUT2D eigenvalue weighted by Crippen LogP contribution is 2.33. The summed E-state index contributed by atoms with van der Waals surface area (Å²) in [6.45, 7) is 2.88. The zero-order valence-electron chi connectivity index (χ0n) is 13.3. The normalized spacial score (nSPS) is 22.2. The molecule has 0 saturated carbocycles. The maximum absolute atomic E-state index is 13.8. The van der Waals surface area contributed by atoms with E-state index in [1.807, 2.05) is 6.07 Å². The molecule has 2 saturated heterocycles. The summed E-state index contributed by atoms with van der Waals surface area (Å²) in [5.41, 5.74) is 0.424. The first kappa shape index (κ1) is 15.8. The van der Waals surface area contributed by atoms with Gasteiger partial charge >= 0.3 is 0 Å². The lowest BCUT2D eigenvalue weighted by Gasteiger charge is -2.24. The number of ether oxygens (including phenoxy) is 1. The average molecular weight is 349 g/mol. The van der Waals surface area contributed by atoms with Crippen LogP contribution in [-0.2, 0) is 9.53 Å². The van der Waals surface area contributed by atoms with Crippen LogP contribution in [0.15, 0.2) is 18.2 Å². The molecule has 3 heterocycles. The van der Waals surface area contributed by atoms with Crippen molar-refractivity contribution in [3.05, 3.63) is 24.0 Å². The van der Waals surface area contributed by atoms with Crippen LogP contribution < -0.4 is 10.2 Å². The van der Waals surface area contributed by atoms with Crippen LogP contribution in [0, 0.1) is 11.7 Å². The minimum Gasteiger partial charge on any atom is -0.381 e. The maximum atomic E-state index is 13.8. The summed E-state index contributed by atoms with van der Waals surface area (Å²) in [4.78, 5) is 19.0. The van der Waals surface area contributed by atoms with E-state index in [-0.39, 0.29) is 23.7 Å². The second kappa shape index (κ2) is 6.64. The molecule has 0 spiro atoms. The molecule has 4 rings (SSSR count). The van der Waals surface area contributed by atoms with Crippen molar-refractivity contribution >= 4 is 32.6 Å². The Bertz CT molecular complexity index is 745. The molecule has 1 unspecified atom stereocenters. The number of amides is 1. The lowest BCUT2D eigenvalue weighted by Crippen LogP contribution is -2.42. The van der Waals surface area contributed by atoms with E-state index >= 15 is 0 Å². The predicted octanol–water partition coefficient (Wildman–Crippen LogP) is 2.56. The third kappa shape index (κ3) is 3.10. The standard InChI is InChI=1S/C17H20FN3O2S/c18-13-2-1-3-14-15(13)20-17(24-14)21-7-4-11(10-21)16(22)19-12-5-8-23-9-6-12/h1-3,11-12H,4-10H2,(H,19,22). The van der Waals surface area contributed by atoms with Gasteiger partial charge in [-0.2, -0.15) is 0 Å². The average Bonchev–Trinajstić information content (AvgIpc) is 3.23. The maximum Gasteiger partial charge on any atom is 0.225 e. The monoisotopic (exact) mass is 349 g/mol. The van der Waals surface area contributed by atoms with Crippen LogP contribution in [0.5, 0.6) is 0 Å². The van der Waals surface area contributed by atoms with Crippen LogP contribution in [0.3, 0.4) is 0 Å². The molecule has 24 heavy (non-hydrogen) atoms. The van der Waals surface area contributed by atoms with Gasteiger partial charge in [-0.05, 0) is 31.4 Å². The molecule has 1 atom stereocenters. The Morgan fingerprint density at radius 1 is 1.33 bits per heavy atom. The number of carbonyl (C=O) groups excluding carboxylic acids is 1. The van der Waals surface area contributed by atoms with Crippen molar-refractivity contribution in [2.75, 3.05) is 31.2 Å². The Balaban J connectivity index is 1.41. The number of aromatic nitrogens is 1. The van der Waals surface area contributed by atoms with Crippen molar-refractivity contribution in [3.8, 4) is 0 Å². The minimum absolute atomic E-state index is 0.0234. The highest BCUT2D eigenvalue weighted by atomic mass is 32.1. The van der Waals surface area contributed by atoms with Gasteiger partial charge in [0.1, 0.15) is 11.3 Å². The molecular formula is C17H20FN3O2S. The van der Waals surface area contributed by atoms with E-state index in [4.69, 9.17) is 4.74 Å². The smallest absolute Gasteiger partial charge is 0.225 e. The highest BCUT2D eigenvalue weighted by Gasteiger charge is 2.31. The number of anilines is 1. The Morgan fingerprint density at radius 2 is 2.17 bits per heavy atom. The van der Waals surface area contributed by atoms with Crippen LogP contribution in [0.2, 0.25) is 0 Å². The number of hydrogen-bond donors (Lipinski definition) is 1. The number of hydrogen-bond acceptors (Lipinski definition) is 5. The number of nitrogens with zero attached hydrogens (tertiary/aromatic N) is 2. The Kier molecular flexibility index (Phi) is 4.37. The first-order chi connectivity index (χ1) is 11.7. The molecule has 0 bridgehead atoms. The molecule has 0 radical (unpaired) electrons. The van der Waals surface area contributed by atoms with Gasteiger partial charge in [0, 0.05) is 32.3 Å². The van der Waals surface area contributed by atoms with Gasteiger partial charge in [-0.15, -0.1) is 0 Å². The van der Waals surface area contributed by atoms with Gasteiger partial charge in [-0.1, -0.05) is 17.4 Å². The fraction of sp³-hybridized carbons (Fsp3) is 0.529. The van der Waals surface area contributed by atoms with Crippen LogP contribution in [0.25, 0.3) is 10.2 Å². The Labute approximate surface area is 143 Å². The topological polar surface area (TPSA) is 54.5 Å².